The number of halogens is 2. The Bertz CT molecular complexity index is 641. The third-order valence-electron chi connectivity index (χ3n) is 2.87. The number of aromatic nitrogens is 2. The molecule has 0 unspecified atom stereocenters. The fraction of sp³-hybridized carbons (Fsp3) is 0.286. The molecule has 0 radical (unpaired) electrons. The number of carbonyl (C=O) groups is 1. The van der Waals surface area contributed by atoms with E-state index in [4.69, 9.17) is 4.74 Å². The van der Waals surface area contributed by atoms with Gasteiger partial charge >= 0.3 is 0 Å². The van der Waals surface area contributed by atoms with Crippen LogP contribution in [0.15, 0.2) is 30.3 Å². The molecule has 2 aromatic rings. The second kappa shape index (κ2) is 6.34. The van der Waals surface area contributed by atoms with E-state index in [-0.39, 0.29) is 18.1 Å². The maximum atomic E-state index is 12.5. The van der Waals surface area contributed by atoms with Crippen LogP contribution in [0, 0.1) is 6.92 Å². The Morgan fingerprint density at radius 2 is 2.19 bits per heavy atom. The minimum absolute atomic E-state index is 0.129. The molecule has 1 N–H and O–H groups in total. The zero-order chi connectivity index (χ0) is 15.4. The lowest BCUT2D eigenvalue weighted by atomic mass is 10.3. The molecular weight excluding hydrogens is 280 g/mol. The van der Waals surface area contributed by atoms with E-state index >= 15 is 0 Å². The number of aryl methyl sites for hydroxylation is 1. The lowest BCUT2D eigenvalue weighted by Gasteiger charge is -2.08. The molecule has 5 nitrogen and oxygen atoms in total. The van der Waals surface area contributed by atoms with Gasteiger partial charge in [0.15, 0.2) is 0 Å². The van der Waals surface area contributed by atoms with Crippen molar-refractivity contribution in [1.29, 1.82) is 0 Å². The van der Waals surface area contributed by atoms with Crippen molar-refractivity contribution in [1.82, 2.24) is 9.78 Å². The number of methoxy groups -OCH3 is 1. The van der Waals surface area contributed by atoms with Gasteiger partial charge in [0.05, 0.1) is 7.11 Å². The molecule has 0 bridgehead atoms. The zero-order valence-electron chi connectivity index (χ0n) is 11.6. The predicted octanol–water partition coefficient (Wildman–Crippen LogP) is 2.78. The molecule has 0 fully saturated rings. The quantitative estimate of drug-likeness (QED) is 0.922. The maximum absolute atomic E-state index is 12.5. The number of hydrogen-bond acceptors (Lipinski definition) is 3. The van der Waals surface area contributed by atoms with E-state index in [0.717, 1.165) is 0 Å². The largest absolute Gasteiger partial charge is 0.497 e. The van der Waals surface area contributed by atoms with Gasteiger partial charge in [-0.15, -0.1) is 0 Å². The number of benzene rings is 1. The first kappa shape index (κ1) is 15.0. The van der Waals surface area contributed by atoms with Crippen molar-refractivity contribution < 1.29 is 18.3 Å². The predicted molar refractivity (Wildman–Crippen MR) is 73.5 cm³/mol. The van der Waals surface area contributed by atoms with Gasteiger partial charge in [-0.2, -0.15) is 5.10 Å². The van der Waals surface area contributed by atoms with Crippen LogP contribution in [-0.4, -0.2) is 22.8 Å². The molecule has 0 atom stereocenters. The van der Waals surface area contributed by atoms with Crippen LogP contribution in [0.25, 0.3) is 0 Å². The standard InChI is InChI=1S/C14H15F2N3O2/c1-9-6-12(14(15)16)18-19(9)8-13(20)17-10-4-3-5-11(7-10)21-2/h3-7,14H,8H2,1-2H3,(H,17,20). The molecule has 0 saturated heterocycles. The van der Waals surface area contributed by atoms with Gasteiger partial charge in [0.1, 0.15) is 18.0 Å². The topological polar surface area (TPSA) is 56.1 Å². The second-order valence-electron chi connectivity index (χ2n) is 4.45. The van der Waals surface area contributed by atoms with Crippen LogP contribution in [0.2, 0.25) is 0 Å². The van der Waals surface area contributed by atoms with E-state index < -0.39 is 6.43 Å². The summed E-state index contributed by atoms with van der Waals surface area (Å²) in [6, 6.07) is 8.13. The third kappa shape index (κ3) is 3.77. The number of nitrogens with one attached hydrogen (secondary N) is 1. The lowest BCUT2D eigenvalue weighted by Crippen LogP contribution is -2.20. The number of alkyl halides is 2. The summed E-state index contributed by atoms with van der Waals surface area (Å²) in [4.78, 5) is 11.9. The second-order valence-corrected chi connectivity index (χ2v) is 4.45. The smallest absolute Gasteiger partial charge is 0.282 e. The van der Waals surface area contributed by atoms with E-state index in [9.17, 15) is 13.6 Å². The molecule has 7 heteroatoms. The first-order valence-electron chi connectivity index (χ1n) is 6.26. The van der Waals surface area contributed by atoms with Crippen LogP contribution in [0.1, 0.15) is 17.8 Å². The fourth-order valence-electron chi connectivity index (χ4n) is 1.84. The first-order valence-corrected chi connectivity index (χ1v) is 6.26. The van der Waals surface area contributed by atoms with Gasteiger partial charge in [0.25, 0.3) is 6.43 Å². The first-order chi connectivity index (χ1) is 9.99. The van der Waals surface area contributed by atoms with Crippen molar-refractivity contribution in [2.75, 3.05) is 12.4 Å². The van der Waals surface area contributed by atoms with Crippen LogP contribution in [0.5, 0.6) is 5.75 Å². The van der Waals surface area contributed by atoms with Gasteiger partial charge in [0.2, 0.25) is 5.91 Å². The van der Waals surface area contributed by atoms with Crippen molar-refractivity contribution in [3.05, 3.63) is 41.7 Å². The van der Waals surface area contributed by atoms with E-state index in [1.54, 1.807) is 31.2 Å². The summed E-state index contributed by atoms with van der Waals surface area (Å²) in [5.41, 5.74) is 0.742. The number of anilines is 1. The fourth-order valence-corrected chi connectivity index (χ4v) is 1.84. The number of carbonyl (C=O) groups excluding carboxylic acids is 1. The molecule has 0 spiro atoms. The van der Waals surface area contributed by atoms with E-state index in [0.29, 0.717) is 17.1 Å². The van der Waals surface area contributed by atoms with Crippen molar-refractivity contribution in [2.24, 2.45) is 0 Å². The Morgan fingerprint density at radius 1 is 1.43 bits per heavy atom. The van der Waals surface area contributed by atoms with E-state index in [1.807, 2.05) is 0 Å². The molecule has 1 amide bonds. The molecule has 1 aromatic heterocycles. The van der Waals surface area contributed by atoms with Crippen LogP contribution >= 0.6 is 0 Å². The summed E-state index contributed by atoms with van der Waals surface area (Å²) >= 11 is 0. The summed E-state index contributed by atoms with van der Waals surface area (Å²) in [6.45, 7) is 1.49. The van der Waals surface area contributed by atoms with Crippen LogP contribution in [0.4, 0.5) is 14.5 Å². The molecule has 0 saturated carbocycles. The number of amides is 1. The average molecular weight is 295 g/mol. The SMILES string of the molecule is COc1cccc(NC(=O)Cn2nc(C(F)F)cc2C)c1. The summed E-state index contributed by atoms with van der Waals surface area (Å²) in [5, 5.41) is 6.37. The normalized spacial score (nSPS) is 10.7. The summed E-state index contributed by atoms with van der Waals surface area (Å²) in [6.07, 6.45) is -2.65. The summed E-state index contributed by atoms with van der Waals surface area (Å²) in [7, 11) is 1.53. The van der Waals surface area contributed by atoms with Gasteiger partial charge < -0.3 is 10.1 Å². The van der Waals surface area contributed by atoms with Crippen molar-refractivity contribution in [3.8, 4) is 5.75 Å². The number of hydrogen-bond donors (Lipinski definition) is 1. The molecule has 2 rings (SSSR count). The molecule has 1 aromatic carbocycles. The number of rotatable bonds is 5. The summed E-state index contributed by atoms with van der Waals surface area (Å²) in [5.74, 6) is 0.262. The van der Waals surface area contributed by atoms with Crippen LogP contribution < -0.4 is 10.1 Å². The van der Waals surface area contributed by atoms with Gasteiger partial charge in [-0.3, -0.25) is 9.48 Å². The van der Waals surface area contributed by atoms with Crippen molar-refractivity contribution >= 4 is 11.6 Å². The van der Waals surface area contributed by atoms with Gasteiger partial charge in [0, 0.05) is 17.4 Å². The Labute approximate surface area is 120 Å². The highest BCUT2D eigenvalue weighted by Crippen LogP contribution is 2.19. The third-order valence-corrected chi connectivity index (χ3v) is 2.87. The highest BCUT2D eigenvalue weighted by Gasteiger charge is 2.15. The molecule has 0 aliphatic heterocycles. The highest BCUT2D eigenvalue weighted by atomic mass is 19.3. The number of ether oxygens (including phenoxy) is 1. The minimum Gasteiger partial charge on any atom is -0.497 e. The highest BCUT2D eigenvalue weighted by molar-refractivity contribution is 5.90. The lowest BCUT2D eigenvalue weighted by molar-refractivity contribution is -0.117. The molecule has 0 aliphatic rings. The van der Waals surface area contributed by atoms with Crippen LogP contribution in [-0.2, 0) is 11.3 Å². The monoisotopic (exact) mass is 295 g/mol. The summed E-state index contributed by atoms with van der Waals surface area (Å²) < 4.78 is 31.4. The zero-order valence-corrected chi connectivity index (χ0v) is 11.6. The molecule has 112 valence electrons. The maximum Gasteiger partial charge on any atom is 0.282 e. The molecule has 21 heavy (non-hydrogen) atoms. The van der Waals surface area contributed by atoms with Crippen LogP contribution in [0.3, 0.4) is 0 Å². The average Bonchev–Trinajstić information content (AvgIpc) is 2.80. The Morgan fingerprint density at radius 3 is 2.81 bits per heavy atom. The van der Waals surface area contributed by atoms with Crippen molar-refractivity contribution in [3.63, 3.8) is 0 Å². The Balaban J connectivity index is 2.04. The van der Waals surface area contributed by atoms with Gasteiger partial charge in [-0.25, -0.2) is 8.78 Å². The van der Waals surface area contributed by atoms with Crippen molar-refractivity contribution in [2.45, 2.75) is 19.9 Å². The van der Waals surface area contributed by atoms with E-state index in [1.165, 1.54) is 17.9 Å². The molecule has 1 heterocycles. The number of nitrogens with zero attached hydrogens (tertiary/aromatic N) is 2. The van der Waals surface area contributed by atoms with E-state index in [2.05, 4.69) is 10.4 Å². The Kier molecular flexibility index (Phi) is 4.52. The van der Waals surface area contributed by atoms with Gasteiger partial charge in [-0.1, -0.05) is 6.07 Å². The molecular formula is C14H15F2N3O2. The minimum atomic E-state index is -2.65. The van der Waals surface area contributed by atoms with Gasteiger partial charge in [-0.05, 0) is 25.1 Å². The Hall–Kier alpha value is -2.44. The molecule has 0 aliphatic carbocycles.